The molecule has 23 heavy (non-hydrogen) atoms. The molecule has 0 fully saturated rings. The maximum absolute atomic E-state index is 12.6. The van der Waals surface area contributed by atoms with Crippen LogP contribution in [0, 0.1) is 0 Å². The summed E-state index contributed by atoms with van der Waals surface area (Å²) in [6.45, 7) is 2.28. The molecule has 0 bridgehead atoms. The summed E-state index contributed by atoms with van der Waals surface area (Å²) in [4.78, 5) is 16.9. The molecule has 124 valence electrons. The molecular formula is C16H21N3O3S. The smallest absolute Gasteiger partial charge is 0.359 e. The first-order chi connectivity index (χ1) is 11.1. The van der Waals surface area contributed by atoms with Crippen molar-refractivity contribution in [1.29, 1.82) is 0 Å². The summed E-state index contributed by atoms with van der Waals surface area (Å²) < 4.78 is 12.3. The van der Waals surface area contributed by atoms with Gasteiger partial charge in [-0.2, -0.15) is 0 Å². The Kier molecular flexibility index (Phi) is 6.06. The molecule has 1 aromatic heterocycles. The Labute approximate surface area is 140 Å². The quantitative estimate of drug-likeness (QED) is 0.619. The van der Waals surface area contributed by atoms with Gasteiger partial charge in [-0.1, -0.05) is 36.9 Å². The van der Waals surface area contributed by atoms with E-state index >= 15 is 0 Å². The highest BCUT2D eigenvalue weighted by atomic mass is 32.2. The zero-order valence-electron chi connectivity index (χ0n) is 13.5. The lowest BCUT2D eigenvalue weighted by molar-refractivity contribution is 0.00404. The first-order valence-corrected chi connectivity index (χ1v) is 8.52. The normalized spacial score (nSPS) is 12.1. The molecule has 6 nitrogen and oxygen atoms in total. The van der Waals surface area contributed by atoms with Crippen LogP contribution in [0.3, 0.4) is 0 Å². The van der Waals surface area contributed by atoms with Gasteiger partial charge in [0.25, 0.3) is 0 Å². The Morgan fingerprint density at radius 2 is 2.09 bits per heavy atom. The van der Waals surface area contributed by atoms with Crippen molar-refractivity contribution in [3.8, 4) is 5.69 Å². The summed E-state index contributed by atoms with van der Waals surface area (Å²) in [5.74, 6) is -0.335. The second-order valence-electron chi connectivity index (χ2n) is 4.89. The Bertz CT molecular complexity index is 658. The van der Waals surface area contributed by atoms with Gasteiger partial charge in [0, 0.05) is 12.8 Å². The van der Waals surface area contributed by atoms with Gasteiger partial charge in [0.2, 0.25) is 0 Å². The molecule has 2 rings (SSSR count). The van der Waals surface area contributed by atoms with E-state index in [4.69, 9.17) is 15.2 Å². The van der Waals surface area contributed by atoms with Gasteiger partial charge < -0.3 is 15.2 Å². The van der Waals surface area contributed by atoms with Gasteiger partial charge >= 0.3 is 5.97 Å². The minimum atomic E-state index is -0.497. The van der Waals surface area contributed by atoms with Crippen LogP contribution in [0.4, 0.5) is 5.82 Å². The topological polar surface area (TPSA) is 79.4 Å². The van der Waals surface area contributed by atoms with Crippen LogP contribution >= 0.6 is 11.8 Å². The van der Waals surface area contributed by atoms with Crippen LogP contribution < -0.4 is 5.73 Å². The molecule has 0 saturated heterocycles. The number of anilines is 1. The Hall–Kier alpha value is -1.99. The minimum absolute atomic E-state index is 0.162. The van der Waals surface area contributed by atoms with Gasteiger partial charge in [0.15, 0.2) is 16.7 Å². The molecule has 1 heterocycles. The van der Waals surface area contributed by atoms with Crippen molar-refractivity contribution in [3.63, 3.8) is 0 Å². The van der Waals surface area contributed by atoms with E-state index < -0.39 is 5.97 Å². The van der Waals surface area contributed by atoms with Crippen molar-refractivity contribution < 1.29 is 14.3 Å². The molecule has 0 aliphatic carbocycles. The van der Waals surface area contributed by atoms with Gasteiger partial charge in [-0.05, 0) is 24.8 Å². The first-order valence-electron chi connectivity index (χ1n) is 7.29. The SMILES string of the molecule is CCC(COC)OC(=O)c1c(N)nc(SC)n1-c1ccccc1. The van der Waals surface area contributed by atoms with E-state index in [0.29, 0.717) is 18.2 Å². The van der Waals surface area contributed by atoms with Crippen LogP contribution in [0.1, 0.15) is 23.8 Å². The van der Waals surface area contributed by atoms with E-state index in [2.05, 4.69) is 4.98 Å². The van der Waals surface area contributed by atoms with Crippen LogP contribution in [0.2, 0.25) is 0 Å². The van der Waals surface area contributed by atoms with Crippen LogP contribution in [-0.2, 0) is 9.47 Å². The standard InChI is InChI=1S/C16H21N3O3S/c1-4-12(10-21-2)22-15(20)13-14(17)18-16(23-3)19(13)11-8-6-5-7-9-11/h5-9,12H,4,10,17H2,1-3H3. The van der Waals surface area contributed by atoms with E-state index in [1.807, 2.05) is 43.5 Å². The van der Waals surface area contributed by atoms with Crippen molar-refractivity contribution in [2.75, 3.05) is 25.7 Å². The van der Waals surface area contributed by atoms with Gasteiger partial charge in [0.1, 0.15) is 6.10 Å². The number of benzene rings is 1. The maximum atomic E-state index is 12.6. The third-order valence-electron chi connectivity index (χ3n) is 3.35. The number of carbonyl (C=O) groups excluding carboxylic acids is 1. The van der Waals surface area contributed by atoms with Crippen molar-refractivity contribution >= 4 is 23.5 Å². The molecule has 0 spiro atoms. The molecule has 0 aliphatic rings. The number of nitrogen functional groups attached to an aromatic ring is 1. The Morgan fingerprint density at radius 3 is 2.65 bits per heavy atom. The van der Waals surface area contributed by atoms with E-state index in [9.17, 15) is 4.79 Å². The third-order valence-corrected chi connectivity index (χ3v) is 3.98. The van der Waals surface area contributed by atoms with Gasteiger partial charge in [-0.15, -0.1) is 0 Å². The molecule has 7 heteroatoms. The highest BCUT2D eigenvalue weighted by Gasteiger charge is 2.25. The molecule has 0 aliphatic heterocycles. The summed E-state index contributed by atoms with van der Waals surface area (Å²) >= 11 is 1.42. The van der Waals surface area contributed by atoms with Crippen molar-refractivity contribution in [2.45, 2.75) is 24.6 Å². The number of ether oxygens (including phenoxy) is 2. The highest BCUT2D eigenvalue weighted by Crippen LogP contribution is 2.27. The van der Waals surface area contributed by atoms with Crippen LogP contribution in [0.15, 0.2) is 35.5 Å². The van der Waals surface area contributed by atoms with E-state index in [-0.39, 0.29) is 17.6 Å². The fourth-order valence-electron chi connectivity index (χ4n) is 2.19. The van der Waals surface area contributed by atoms with Crippen LogP contribution in [-0.4, -0.2) is 41.6 Å². The molecule has 0 amide bonds. The van der Waals surface area contributed by atoms with E-state index in [1.165, 1.54) is 11.8 Å². The number of para-hydroxylation sites is 1. The molecule has 2 aromatic rings. The van der Waals surface area contributed by atoms with E-state index in [1.54, 1.807) is 11.7 Å². The summed E-state index contributed by atoms with van der Waals surface area (Å²) in [6, 6.07) is 9.48. The van der Waals surface area contributed by atoms with Gasteiger partial charge in [-0.3, -0.25) is 4.57 Å². The highest BCUT2D eigenvalue weighted by molar-refractivity contribution is 7.98. The molecule has 1 aromatic carbocycles. The van der Waals surface area contributed by atoms with Gasteiger partial charge in [-0.25, -0.2) is 9.78 Å². The number of imidazole rings is 1. The lowest BCUT2D eigenvalue weighted by Crippen LogP contribution is -2.24. The number of hydrogen-bond acceptors (Lipinski definition) is 6. The summed E-state index contributed by atoms with van der Waals surface area (Å²) in [7, 11) is 1.57. The fourth-order valence-corrected chi connectivity index (χ4v) is 2.76. The molecule has 0 saturated carbocycles. The largest absolute Gasteiger partial charge is 0.455 e. The number of thioether (sulfide) groups is 1. The average Bonchev–Trinajstić information content (AvgIpc) is 2.91. The lowest BCUT2D eigenvalue weighted by Gasteiger charge is -2.16. The van der Waals surface area contributed by atoms with Crippen molar-refractivity contribution in [3.05, 3.63) is 36.0 Å². The first kappa shape index (κ1) is 17.4. The molecule has 1 unspecified atom stereocenters. The molecule has 2 N–H and O–H groups in total. The minimum Gasteiger partial charge on any atom is -0.455 e. The Balaban J connectivity index is 2.42. The second kappa shape index (κ2) is 8.03. The van der Waals surface area contributed by atoms with Gasteiger partial charge in [0.05, 0.1) is 6.61 Å². The van der Waals surface area contributed by atoms with Crippen molar-refractivity contribution in [2.24, 2.45) is 0 Å². The number of methoxy groups -OCH3 is 1. The third kappa shape index (κ3) is 3.86. The van der Waals surface area contributed by atoms with Crippen LogP contribution in [0.25, 0.3) is 5.69 Å². The predicted molar refractivity (Wildman–Crippen MR) is 91.1 cm³/mol. The molecule has 0 radical (unpaired) electrons. The second-order valence-corrected chi connectivity index (χ2v) is 5.67. The monoisotopic (exact) mass is 335 g/mol. The van der Waals surface area contributed by atoms with Crippen molar-refractivity contribution in [1.82, 2.24) is 9.55 Å². The number of aromatic nitrogens is 2. The summed E-state index contributed by atoms with van der Waals surface area (Å²) in [6.07, 6.45) is 2.23. The number of nitrogens with two attached hydrogens (primary N) is 1. The van der Waals surface area contributed by atoms with E-state index in [0.717, 1.165) is 5.69 Å². The molecule has 1 atom stereocenters. The fraction of sp³-hybridized carbons (Fsp3) is 0.375. The lowest BCUT2D eigenvalue weighted by atomic mass is 10.3. The number of esters is 1. The Morgan fingerprint density at radius 1 is 1.39 bits per heavy atom. The molecular weight excluding hydrogens is 314 g/mol. The maximum Gasteiger partial charge on any atom is 0.359 e. The number of hydrogen-bond donors (Lipinski definition) is 1. The number of nitrogens with zero attached hydrogens (tertiary/aromatic N) is 2. The predicted octanol–water partition coefficient (Wildman–Crippen LogP) is 2.76. The summed E-state index contributed by atoms with van der Waals surface area (Å²) in [5, 5.41) is 0.639. The zero-order valence-corrected chi connectivity index (χ0v) is 14.3. The number of rotatable bonds is 7. The van der Waals surface area contributed by atoms with Crippen LogP contribution in [0.5, 0.6) is 0 Å². The average molecular weight is 335 g/mol. The number of carbonyl (C=O) groups is 1. The summed E-state index contributed by atoms with van der Waals surface area (Å²) in [5.41, 5.74) is 7.03. The zero-order chi connectivity index (χ0) is 16.8.